The Labute approximate surface area is 496 Å². The van der Waals surface area contributed by atoms with Gasteiger partial charge in [-0.05, 0) is 57.7 Å². The van der Waals surface area contributed by atoms with E-state index in [0.717, 1.165) is 44.6 Å². The molecule has 0 saturated carbocycles. The topological polar surface area (TPSA) is 523 Å². The molecule has 11 atom stereocenters. The number of amides is 9. The van der Waals surface area contributed by atoms with Crippen LogP contribution in [0.4, 0.5) is 0 Å². The summed E-state index contributed by atoms with van der Waals surface area (Å²) in [5.41, 5.74) is 22.4. The van der Waals surface area contributed by atoms with E-state index in [0.29, 0.717) is 12.0 Å². The van der Waals surface area contributed by atoms with Gasteiger partial charge in [-0.1, -0.05) is 88.3 Å². The summed E-state index contributed by atoms with van der Waals surface area (Å²) < 4.78 is 5.27. The number of aliphatic hydroxyl groups excluding tert-OH is 4. The fourth-order valence-corrected chi connectivity index (χ4v) is 8.55. The molecule has 1 saturated heterocycles. The van der Waals surface area contributed by atoms with Crippen LogP contribution >= 0.6 is 11.6 Å². The molecule has 0 aliphatic carbocycles. The number of nitrogens with zero attached hydrogens (tertiary/aromatic N) is 1. The molecule has 22 N–H and O–H groups in total. The molecule has 0 bridgehead atoms. The maximum Gasteiger partial charge on any atom is 0.335 e. The number of carbonyl (C=O) groups is 11. The van der Waals surface area contributed by atoms with E-state index in [4.69, 9.17) is 39.3 Å². The van der Waals surface area contributed by atoms with Gasteiger partial charge in [0.05, 0.1) is 31.1 Å². The van der Waals surface area contributed by atoms with E-state index < -0.39 is 163 Å². The quantitative estimate of drug-likeness (QED) is 0.0103. The maximum absolute atomic E-state index is 14.3. The highest BCUT2D eigenvalue weighted by atomic mass is 35.5. The Kier molecular flexibility index (Phi) is 34.5. The third-order valence-electron chi connectivity index (χ3n) is 13.1. The van der Waals surface area contributed by atoms with Crippen molar-refractivity contribution in [2.45, 2.75) is 170 Å². The fourth-order valence-electron chi connectivity index (χ4n) is 8.38. The number of hydrogen-bond donors (Lipinski definition) is 18. The third-order valence-corrected chi connectivity index (χ3v) is 13.4. The van der Waals surface area contributed by atoms with Crippen LogP contribution < -0.4 is 70.8 Å². The number of nitrogens with two attached hydrogens (primary N) is 4. The minimum atomic E-state index is -2.81. The Morgan fingerprint density at radius 1 is 0.706 bits per heavy atom. The zero-order valence-electron chi connectivity index (χ0n) is 47.7. The zero-order chi connectivity index (χ0) is 63.6. The Morgan fingerprint density at radius 3 is 1.78 bits per heavy atom. The van der Waals surface area contributed by atoms with Gasteiger partial charge in [-0.15, -0.1) is 11.6 Å². The Balaban J connectivity index is 2.81. The number of aliphatic hydroxyl groups is 4. The van der Waals surface area contributed by atoms with Gasteiger partial charge in [0.2, 0.25) is 47.3 Å². The first kappa shape index (κ1) is 73.6. The molecular formula is C53H85ClN14O17. The molecule has 0 aromatic heterocycles. The van der Waals surface area contributed by atoms with Gasteiger partial charge in [-0.3, -0.25) is 48.1 Å². The number of halogens is 1. The summed E-state index contributed by atoms with van der Waals surface area (Å²) in [4.78, 5) is 156. The predicted octanol–water partition coefficient (Wildman–Crippen LogP) is -5.64. The number of carboxylic acid groups (broad SMARTS) is 1. The van der Waals surface area contributed by atoms with Gasteiger partial charge < -0.3 is 101 Å². The molecule has 1 aliphatic rings. The van der Waals surface area contributed by atoms with Crippen molar-refractivity contribution >= 4 is 82.7 Å². The van der Waals surface area contributed by atoms with Crippen LogP contribution in [0.25, 0.3) is 0 Å². The molecule has 9 amide bonds. The summed E-state index contributed by atoms with van der Waals surface area (Å²) in [5.74, 6) is -15.6. The number of benzene rings is 1. The van der Waals surface area contributed by atoms with Crippen LogP contribution in [0.3, 0.4) is 0 Å². The highest BCUT2D eigenvalue weighted by Crippen LogP contribution is 2.13. The average Bonchev–Trinajstić information content (AvgIpc) is 3.67. The summed E-state index contributed by atoms with van der Waals surface area (Å²) in [7, 11) is 0. The summed E-state index contributed by atoms with van der Waals surface area (Å²) in [6.07, 6.45) is -0.182. The lowest BCUT2D eigenvalue weighted by Crippen LogP contribution is -2.62. The SMILES string of the molecule is CC=C1NC(=O)[C@@H](Cc2ccccc2)NC(=O)[C@@H](CCCN=C(N)N)NC(=O)[C@H](CCN)NC(=O)[C@@H](CCN)NC(=O)[C@H](CO)NC(=O)[C@H](NC(=O)C[C@@H](O)CCCCCCCCC)COC(=O)[C@@H]([C@H](O)CCl)NC(=O)[C@@H]([C@@H](O)C(=O)O)NC1=O. The number of aliphatic carboxylic acids is 1. The number of alkyl halides is 1. The number of hydrogen-bond acceptors (Lipinski definition) is 19. The van der Waals surface area contributed by atoms with E-state index in [2.05, 4.69) is 49.1 Å². The number of cyclic esters (lactones) is 1. The molecule has 31 nitrogen and oxygen atoms in total. The molecule has 1 aliphatic heterocycles. The van der Waals surface area contributed by atoms with Gasteiger partial charge >= 0.3 is 11.9 Å². The number of ether oxygens (including phenoxy) is 1. The smallest absolute Gasteiger partial charge is 0.335 e. The third kappa shape index (κ3) is 26.9. The summed E-state index contributed by atoms with van der Waals surface area (Å²) in [6.45, 7) is 0.417. The predicted molar refractivity (Wildman–Crippen MR) is 306 cm³/mol. The van der Waals surface area contributed by atoms with Crippen molar-refractivity contribution in [2.24, 2.45) is 27.9 Å². The molecule has 0 radical (unpaired) electrons. The number of nitrogens with one attached hydrogen (secondary N) is 9. The van der Waals surface area contributed by atoms with Gasteiger partial charge in [0.1, 0.15) is 54.6 Å². The second-order valence-corrected chi connectivity index (χ2v) is 20.2. The largest absolute Gasteiger partial charge is 0.479 e. The van der Waals surface area contributed by atoms with Gasteiger partial charge in [0.15, 0.2) is 18.1 Å². The highest BCUT2D eigenvalue weighted by molar-refractivity contribution is 6.18. The first-order valence-corrected chi connectivity index (χ1v) is 28.5. The number of carbonyl (C=O) groups excluding carboxylic acids is 10. The molecular weight excluding hydrogens is 1140 g/mol. The number of esters is 1. The van der Waals surface area contributed by atoms with Gasteiger partial charge in [0.25, 0.3) is 5.91 Å². The summed E-state index contributed by atoms with van der Waals surface area (Å²) in [6, 6.07) is -6.93. The van der Waals surface area contributed by atoms with Crippen molar-refractivity contribution in [3.05, 3.63) is 47.7 Å². The number of carboxylic acids is 1. The monoisotopic (exact) mass is 1220 g/mol. The Morgan fingerprint density at radius 2 is 1.25 bits per heavy atom. The fraction of sp³-hybridized carbons (Fsp3) is 0.623. The molecule has 0 unspecified atom stereocenters. The van der Waals surface area contributed by atoms with E-state index >= 15 is 0 Å². The molecule has 476 valence electrons. The van der Waals surface area contributed by atoms with Gasteiger partial charge in [0, 0.05) is 13.0 Å². The molecule has 1 aromatic rings. The van der Waals surface area contributed by atoms with Crippen molar-refractivity contribution in [1.82, 2.24) is 47.9 Å². The first-order chi connectivity index (χ1) is 40.4. The molecule has 1 fully saturated rings. The summed E-state index contributed by atoms with van der Waals surface area (Å²) >= 11 is 5.88. The van der Waals surface area contributed by atoms with E-state index in [1.807, 2.05) is 10.6 Å². The van der Waals surface area contributed by atoms with E-state index in [-0.39, 0.29) is 64.1 Å². The van der Waals surface area contributed by atoms with Crippen molar-refractivity contribution in [3.63, 3.8) is 0 Å². The van der Waals surface area contributed by atoms with E-state index in [1.165, 1.54) is 6.92 Å². The number of aliphatic imine (C=N–C) groups is 1. The molecule has 85 heavy (non-hydrogen) atoms. The lowest BCUT2D eigenvalue weighted by atomic mass is 10.0. The average molecular weight is 1230 g/mol. The minimum absolute atomic E-state index is 0.0368. The number of unbranched alkanes of at least 4 members (excludes halogenated alkanes) is 6. The maximum atomic E-state index is 14.3. The molecule has 1 heterocycles. The van der Waals surface area contributed by atoms with Crippen LogP contribution in [-0.2, 0) is 63.9 Å². The molecule has 1 aromatic carbocycles. The summed E-state index contributed by atoms with van der Waals surface area (Å²) in [5, 5.41) is 73.2. The standard InChI is InChI=1S/C53H85ClN14O17/c1-3-5-6-7-8-9-13-17-30(70)25-39(72)60-37-28-85-52(84)40(38(71)26-54)67-50(81)41(42(73)51(82)83)68-43(74)31(4-2)61-47(78)35(24-29-15-11-10-12-16-29)65-44(75)32(18-14-23-59-53(57)58)62-45(76)33(19-21-55)63-46(77)34(20-22-56)64-48(79)36(27-69)66-49(37)80/h4,10-12,15-16,30,32-38,40-42,69-71,73H,3,5-9,13-14,17-28,55-56H2,1-2H3,(H,60,72)(H,61,78)(H,62,76)(H,63,77)(H,64,79)(H,65,75)(H,66,80)(H,67,81)(H,68,74)(H,82,83)(H4,57,58,59)/t30-,32+,33-,34+,35+,36-,37+,38+,40+,41+,42+/m0/s1. The van der Waals surface area contributed by atoms with E-state index in [1.54, 1.807) is 30.3 Å². The van der Waals surface area contributed by atoms with Crippen LogP contribution in [0, 0.1) is 0 Å². The van der Waals surface area contributed by atoms with Crippen molar-refractivity contribution in [3.8, 4) is 0 Å². The Bertz CT molecular complexity index is 2440. The first-order valence-electron chi connectivity index (χ1n) is 27.9. The zero-order valence-corrected chi connectivity index (χ0v) is 48.5. The van der Waals surface area contributed by atoms with Crippen LogP contribution in [0.1, 0.15) is 103 Å². The number of rotatable bonds is 26. The number of allylic oxidation sites excluding steroid dienone is 1. The van der Waals surface area contributed by atoms with Crippen molar-refractivity contribution in [2.75, 3.05) is 38.7 Å². The second-order valence-electron chi connectivity index (χ2n) is 19.9. The van der Waals surface area contributed by atoms with Crippen LogP contribution in [-0.4, -0.2) is 202 Å². The van der Waals surface area contributed by atoms with Crippen LogP contribution in [0.5, 0.6) is 0 Å². The molecule has 0 spiro atoms. The minimum Gasteiger partial charge on any atom is -0.479 e. The lowest BCUT2D eigenvalue weighted by Gasteiger charge is -2.28. The van der Waals surface area contributed by atoms with Gasteiger partial charge in [-0.2, -0.15) is 0 Å². The second kappa shape index (κ2) is 39.9. The molecule has 2 rings (SSSR count). The molecule has 32 heteroatoms. The van der Waals surface area contributed by atoms with Crippen LogP contribution in [0.15, 0.2) is 47.1 Å². The van der Waals surface area contributed by atoms with Crippen molar-refractivity contribution in [1.29, 1.82) is 0 Å². The van der Waals surface area contributed by atoms with Crippen molar-refractivity contribution < 1.29 is 83.0 Å². The van der Waals surface area contributed by atoms with Gasteiger partial charge in [-0.25, -0.2) is 9.59 Å². The normalized spacial score (nSPS) is 23.7. The van der Waals surface area contributed by atoms with E-state index in [9.17, 15) is 78.3 Å². The highest BCUT2D eigenvalue weighted by Gasteiger charge is 2.40. The Hall–Kier alpha value is -7.55. The lowest BCUT2D eigenvalue weighted by molar-refractivity contribution is -0.155. The van der Waals surface area contributed by atoms with Crippen LogP contribution in [0.2, 0.25) is 0 Å². The number of guanidine groups is 1.